The van der Waals surface area contributed by atoms with Gasteiger partial charge in [-0.05, 0) is 35.9 Å². The molecule has 14 heavy (non-hydrogen) atoms. The van der Waals surface area contributed by atoms with Crippen molar-refractivity contribution in [3.05, 3.63) is 39.7 Å². The van der Waals surface area contributed by atoms with Crippen molar-refractivity contribution >= 4 is 34.5 Å². The fourth-order valence-corrected chi connectivity index (χ4v) is 2.35. The molecule has 4 heteroatoms. The lowest BCUT2D eigenvalue weighted by atomic mass is 10.2. The predicted molar refractivity (Wildman–Crippen MR) is 61.4 cm³/mol. The van der Waals surface area contributed by atoms with E-state index in [0.717, 1.165) is 14.8 Å². The van der Waals surface area contributed by atoms with Gasteiger partial charge in [-0.15, -0.1) is 11.3 Å². The minimum absolute atomic E-state index is 0.0954. The van der Waals surface area contributed by atoms with E-state index in [0.29, 0.717) is 5.02 Å². The Morgan fingerprint density at radius 2 is 1.86 bits per heavy atom. The maximum atomic E-state index is 9.24. The first-order valence-corrected chi connectivity index (χ1v) is 5.48. The quantitative estimate of drug-likeness (QED) is 0.788. The smallest absolute Gasteiger partial charge is 0.134 e. The molecule has 0 saturated heterocycles. The lowest BCUT2D eigenvalue weighted by Crippen LogP contribution is -1.72. The first kappa shape index (κ1) is 9.84. The molecule has 1 nitrogen and oxygen atoms in total. The van der Waals surface area contributed by atoms with Gasteiger partial charge in [0.25, 0.3) is 0 Å². The van der Waals surface area contributed by atoms with Gasteiger partial charge in [0.05, 0.1) is 9.36 Å². The van der Waals surface area contributed by atoms with Crippen molar-refractivity contribution in [2.45, 2.75) is 0 Å². The molecule has 0 aliphatic carbocycles. The summed E-state index contributed by atoms with van der Waals surface area (Å²) in [5.74, 6) is 0.0954. The fourth-order valence-electron chi connectivity index (χ4n) is 1.13. The number of aromatic hydroxyl groups is 1. The molecule has 2 aromatic rings. The highest BCUT2D eigenvalue weighted by Crippen LogP contribution is 2.34. The highest BCUT2D eigenvalue weighted by molar-refractivity contribution is 7.19. The number of phenolic OH excluding ortho intramolecular Hbond substituents is 1. The van der Waals surface area contributed by atoms with E-state index in [-0.39, 0.29) is 5.75 Å². The third kappa shape index (κ3) is 1.87. The highest BCUT2D eigenvalue weighted by Gasteiger charge is 2.04. The molecule has 0 atom stereocenters. The summed E-state index contributed by atoms with van der Waals surface area (Å²) in [4.78, 5) is 1.04. The van der Waals surface area contributed by atoms with Crippen molar-refractivity contribution in [3.8, 4) is 16.2 Å². The van der Waals surface area contributed by atoms with Crippen molar-refractivity contribution in [2.75, 3.05) is 0 Å². The van der Waals surface area contributed by atoms with Crippen LogP contribution in [0.15, 0.2) is 30.3 Å². The van der Waals surface area contributed by atoms with E-state index in [9.17, 15) is 5.11 Å². The van der Waals surface area contributed by atoms with Crippen molar-refractivity contribution < 1.29 is 5.11 Å². The molecule has 0 aliphatic rings. The average molecular weight is 245 g/mol. The van der Waals surface area contributed by atoms with Gasteiger partial charge in [0.15, 0.2) is 0 Å². The van der Waals surface area contributed by atoms with Gasteiger partial charge in [0.2, 0.25) is 0 Å². The molecule has 1 aromatic carbocycles. The standard InChI is InChI=1S/C10H6Cl2OS/c11-7-5-6(1-2-8(7)13)9-3-4-10(12)14-9/h1-5,13H. The summed E-state index contributed by atoms with van der Waals surface area (Å²) in [7, 11) is 0. The van der Waals surface area contributed by atoms with Gasteiger partial charge in [0.1, 0.15) is 5.75 Å². The Hall–Kier alpha value is -0.700. The van der Waals surface area contributed by atoms with Gasteiger partial charge in [-0.3, -0.25) is 0 Å². The Kier molecular flexibility index (Phi) is 2.68. The van der Waals surface area contributed by atoms with E-state index in [1.807, 2.05) is 18.2 Å². The SMILES string of the molecule is Oc1ccc(-c2ccc(Cl)s2)cc1Cl. The van der Waals surface area contributed by atoms with E-state index in [4.69, 9.17) is 23.2 Å². The molecule has 2 rings (SSSR count). The zero-order chi connectivity index (χ0) is 10.1. The van der Waals surface area contributed by atoms with Gasteiger partial charge in [0, 0.05) is 4.88 Å². The average Bonchev–Trinajstić information content (AvgIpc) is 2.57. The summed E-state index contributed by atoms with van der Waals surface area (Å²) in [5.41, 5.74) is 0.963. The van der Waals surface area contributed by atoms with Crippen LogP contribution in [-0.4, -0.2) is 5.11 Å². The van der Waals surface area contributed by atoms with Crippen LogP contribution in [-0.2, 0) is 0 Å². The number of hydrogen-bond acceptors (Lipinski definition) is 2. The second-order valence-electron chi connectivity index (χ2n) is 2.77. The maximum absolute atomic E-state index is 9.24. The fraction of sp³-hybridized carbons (Fsp3) is 0. The Labute approximate surface area is 95.5 Å². The van der Waals surface area contributed by atoms with Gasteiger partial charge in [-0.25, -0.2) is 0 Å². The molecule has 1 N–H and O–H groups in total. The summed E-state index contributed by atoms with van der Waals surface area (Å²) in [5, 5.41) is 9.59. The molecule has 0 fully saturated rings. The van der Waals surface area contributed by atoms with Crippen LogP contribution in [0.1, 0.15) is 0 Å². The first-order valence-electron chi connectivity index (χ1n) is 3.91. The van der Waals surface area contributed by atoms with E-state index in [1.54, 1.807) is 12.1 Å². The van der Waals surface area contributed by atoms with Crippen molar-refractivity contribution in [3.63, 3.8) is 0 Å². The molecule has 72 valence electrons. The summed E-state index contributed by atoms with van der Waals surface area (Å²) in [6.07, 6.45) is 0. The van der Waals surface area contributed by atoms with Gasteiger partial charge in [-0.2, -0.15) is 0 Å². The molecule has 0 bridgehead atoms. The number of rotatable bonds is 1. The minimum atomic E-state index is 0.0954. The van der Waals surface area contributed by atoms with E-state index in [2.05, 4.69) is 0 Å². The number of phenols is 1. The third-order valence-electron chi connectivity index (χ3n) is 1.81. The van der Waals surface area contributed by atoms with Gasteiger partial charge >= 0.3 is 0 Å². The van der Waals surface area contributed by atoms with Gasteiger partial charge < -0.3 is 5.11 Å². The van der Waals surface area contributed by atoms with E-state index < -0.39 is 0 Å². The van der Waals surface area contributed by atoms with Crippen LogP contribution in [0.5, 0.6) is 5.75 Å². The number of halogens is 2. The normalized spacial score (nSPS) is 10.4. The monoisotopic (exact) mass is 244 g/mol. The topological polar surface area (TPSA) is 20.2 Å². The number of hydrogen-bond donors (Lipinski definition) is 1. The van der Waals surface area contributed by atoms with Crippen LogP contribution < -0.4 is 0 Å². The van der Waals surface area contributed by atoms with Crippen LogP contribution >= 0.6 is 34.5 Å². The Bertz CT molecular complexity index is 465. The molecule has 0 amide bonds. The van der Waals surface area contributed by atoms with Crippen LogP contribution in [0, 0.1) is 0 Å². The van der Waals surface area contributed by atoms with E-state index >= 15 is 0 Å². The molecule has 1 heterocycles. The lowest BCUT2D eigenvalue weighted by Gasteiger charge is -1.99. The summed E-state index contributed by atoms with van der Waals surface area (Å²) in [6, 6.07) is 8.87. The molecular formula is C10H6Cl2OS. The first-order chi connectivity index (χ1) is 6.66. The summed E-state index contributed by atoms with van der Waals surface area (Å²) >= 11 is 13.1. The van der Waals surface area contributed by atoms with Crippen molar-refractivity contribution in [1.82, 2.24) is 0 Å². The summed E-state index contributed by atoms with van der Waals surface area (Å²) < 4.78 is 0.740. The molecule has 0 unspecified atom stereocenters. The molecule has 1 aromatic heterocycles. The molecule has 0 aliphatic heterocycles. The second-order valence-corrected chi connectivity index (χ2v) is 4.89. The third-order valence-corrected chi connectivity index (χ3v) is 3.39. The van der Waals surface area contributed by atoms with Crippen LogP contribution in [0.2, 0.25) is 9.36 Å². The zero-order valence-electron chi connectivity index (χ0n) is 7.00. The highest BCUT2D eigenvalue weighted by atomic mass is 35.5. The Morgan fingerprint density at radius 3 is 2.43 bits per heavy atom. The maximum Gasteiger partial charge on any atom is 0.134 e. The molecule has 0 saturated carbocycles. The number of benzene rings is 1. The zero-order valence-corrected chi connectivity index (χ0v) is 9.33. The molecular weight excluding hydrogens is 239 g/mol. The lowest BCUT2D eigenvalue weighted by molar-refractivity contribution is 0.475. The molecule has 0 radical (unpaired) electrons. The van der Waals surface area contributed by atoms with Crippen LogP contribution in [0.25, 0.3) is 10.4 Å². The van der Waals surface area contributed by atoms with Crippen LogP contribution in [0.4, 0.5) is 0 Å². The number of thiophene rings is 1. The van der Waals surface area contributed by atoms with E-state index in [1.165, 1.54) is 11.3 Å². The predicted octanol–water partition coefficient (Wildman–Crippen LogP) is 4.43. The Balaban J connectivity index is 2.47. The largest absolute Gasteiger partial charge is 0.506 e. The Morgan fingerprint density at radius 1 is 1.07 bits per heavy atom. The minimum Gasteiger partial charge on any atom is -0.506 e. The van der Waals surface area contributed by atoms with Crippen LogP contribution in [0.3, 0.4) is 0 Å². The van der Waals surface area contributed by atoms with Crippen molar-refractivity contribution in [1.29, 1.82) is 0 Å². The van der Waals surface area contributed by atoms with Crippen molar-refractivity contribution in [2.24, 2.45) is 0 Å². The van der Waals surface area contributed by atoms with Gasteiger partial charge in [-0.1, -0.05) is 23.2 Å². The summed E-state index contributed by atoms with van der Waals surface area (Å²) in [6.45, 7) is 0. The second kappa shape index (κ2) is 3.81. The molecule has 0 spiro atoms.